The van der Waals surface area contributed by atoms with Gasteiger partial charge in [0.15, 0.2) is 0 Å². The standard InChI is InChI=1S/C18H16F3N5O2/c19-18(20,21)11-28-10-14-3-1-13(2-4-14)9-22-17(27)15-5-7-16(8-6-15)26-12-23-24-25-26/h1-8,12H,9-11H2,(H,22,27). The summed E-state index contributed by atoms with van der Waals surface area (Å²) in [5.74, 6) is -0.249. The van der Waals surface area contributed by atoms with E-state index in [1.54, 1.807) is 48.5 Å². The second-order valence-electron chi connectivity index (χ2n) is 5.91. The molecule has 0 bridgehead atoms. The summed E-state index contributed by atoms with van der Waals surface area (Å²) in [6, 6.07) is 13.6. The Morgan fingerprint density at radius 3 is 2.32 bits per heavy atom. The van der Waals surface area contributed by atoms with Crippen molar-refractivity contribution < 1.29 is 22.7 Å². The molecule has 0 unspecified atom stereocenters. The average Bonchev–Trinajstić information content (AvgIpc) is 3.21. The zero-order chi connectivity index (χ0) is 20.0. The SMILES string of the molecule is O=C(NCc1ccc(COCC(F)(F)F)cc1)c1ccc(-n2cnnn2)cc1. The number of halogens is 3. The Morgan fingerprint density at radius 2 is 1.71 bits per heavy atom. The first-order valence-corrected chi connectivity index (χ1v) is 8.25. The normalized spacial score (nSPS) is 11.4. The third-order valence-corrected chi connectivity index (χ3v) is 3.75. The Bertz CT molecular complexity index is 894. The lowest BCUT2D eigenvalue weighted by Gasteiger charge is -2.09. The van der Waals surface area contributed by atoms with Crippen molar-refractivity contribution in [3.63, 3.8) is 0 Å². The highest BCUT2D eigenvalue weighted by Gasteiger charge is 2.27. The second kappa shape index (κ2) is 8.61. The maximum absolute atomic E-state index is 12.2. The minimum Gasteiger partial charge on any atom is -0.367 e. The molecule has 0 aliphatic rings. The molecule has 7 nitrogen and oxygen atoms in total. The van der Waals surface area contributed by atoms with Crippen molar-refractivity contribution in [2.45, 2.75) is 19.3 Å². The summed E-state index contributed by atoms with van der Waals surface area (Å²) in [4.78, 5) is 12.2. The van der Waals surface area contributed by atoms with Crippen molar-refractivity contribution >= 4 is 5.91 Å². The topological polar surface area (TPSA) is 81.9 Å². The third-order valence-electron chi connectivity index (χ3n) is 3.75. The van der Waals surface area contributed by atoms with E-state index in [0.29, 0.717) is 11.1 Å². The third kappa shape index (κ3) is 5.61. The molecule has 0 aliphatic heterocycles. The molecule has 3 rings (SSSR count). The highest BCUT2D eigenvalue weighted by Crippen LogP contribution is 2.16. The lowest BCUT2D eigenvalue weighted by atomic mass is 10.1. The van der Waals surface area contributed by atoms with Gasteiger partial charge in [0.25, 0.3) is 5.91 Å². The van der Waals surface area contributed by atoms with Crippen molar-refractivity contribution in [3.05, 3.63) is 71.5 Å². The van der Waals surface area contributed by atoms with E-state index >= 15 is 0 Å². The van der Waals surface area contributed by atoms with Crippen LogP contribution in [0.4, 0.5) is 13.2 Å². The number of alkyl halides is 3. The van der Waals surface area contributed by atoms with Crippen LogP contribution in [-0.4, -0.2) is 38.9 Å². The van der Waals surface area contributed by atoms with Gasteiger partial charge < -0.3 is 10.1 Å². The van der Waals surface area contributed by atoms with E-state index < -0.39 is 12.8 Å². The van der Waals surface area contributed by atoms with Crippen LogP contribution in [0.2, 0.25) is 0 Å². The van der Waals surface area contributed by atoms with Crippen molar-refractivity contribution in [2.24, 2.45) is 0 Å². The minimum absolute atomic E-state index is 0.125. The second-order valence-corrected chi connectivity index (χ2v) is 5.91. The highest BCUT2D eigenvalue weighted by atomic mass is 19.4. The number of amides is 1. The summed E-state index contributed by atoms with van der Waals surface area (Å²) in [5, 5.41) is 13.6. The molecule has 0 atom stereocenters. The summed E-state index contributed by atoms with van der Waals surface area (Å²) >= 11 is 0. The van der Waals surface area contributed by atoms with Gasteiger partial charge in [0.1, 0.15) is 12.9 Å². The molecule has 0 radical (unpaired) electrons. The van der Waals surface area contributed by atoms with Crippen LogP contribution in [0.5, 0.6) is 0 Å². The van der Waals surface area contributed by atoms with Gasteiger partial charge in [-0.2, -0.15) is 13.2 Å². The number of hydrogen-bond acceptors (Lipinski definition) is 5. The number of carbonyl (C=O) groups is 1. The van der Waals surface area contributed by atoms with Gasteiger partial charge in [-0.05, 0) is 45.8 Å². The van der Waals surface area contributed by atoms with E-state index in [9.17, 15) is 18.0 Å². The van der Waals surface area contributed by atoms with E-state index in [-0.39, 0.29) is 19.1 Å². The van der Waals surface area contributed by atoms with Crippen LogP contribution in [-0.2, 0) is 17.9 Å². The van der Waals surface area contributed by atoms with E-state index in [1.807, 2.05) is 0 Å². The van der Waals surface area contributed by atoms with Gasteiger partial charge in [-0.3, -0.25) is 4.79 Å². The number of aromatic nitrogens is 4. The predicted molar refractivity (Wildman–Crippen MR) is 92.5 cm³/mol. The molecule has 1 amide bonds. The fourth-order valence-electron chi connectivity index (χ4n) is 2.37. The Balaban J connectivity index is 1.49. The summed E-state index contributed by atoms with van der Waals surface area (Å²) < 4.78 is 42.3. The molecule has 1 heterocycles. The van der Waals surface area contributed by atoms with Gasteiger partial charge in [0, 0.05) is 12.1 Å². The average molecular weight is 391 g/mol. The number of hydrogen-bond donors (Lipinski definition) is 1. The zero-order valence-corrected chi connectivity index (χ0v) is 14.6. The molecule has 0 saturated carbocycles. The Hall–Kier alpha value is -3.27. The number of nitrogens with zero attached hydrogens (tertiary/aromatic N) is 4. The van der Waals surface area contributed by atoms with Gasteiger partial charge >= 0.3 is 6.18 Å². The number of tetrazole rings is 1. The summed E-state index contributed by atoms with van der Waals surface area (Å²) in [7, 11) is 0. The molecule has 28 heavy (non-hydrogen) atoms. The first kappa shape index (κ1) is 19.5. The molecule has 1 aromatic heterocycles. The smallest absolute Gasteiger partial charge is 0.367 e. The van der Waals surface area contributed by atoms with Gasteiger partial charge in [-0.25, -0.2) is 4.68 Å². The van der Waals surface area contributed by atoms with Crippen LogP contribution in [0.15, 0.2) is 54.9 Å². The van der Waals surface area contributed by atoms with Crippen LogP contribution in [0.1, 0.15) is 21.5 Å². The molecular formula is C18H16F3N5O2. The highest BCUT2D eigenvalue weighted by molar-refractivity contribution is 5.94. The predicted octanol–water partition coefficient (Wildman–Crippen LogP) is 2.67. The lowest BCUT2D eigenvalue weighted by Crippen LogP contribution is -2.22. The number of ether oxygens (including phenoxy) is 1. The molecular weight excluding hydrogens is 375 g/mol. The van der Waals surface area contributed by atoms with Crippen molar-refractivity contribution in [1.29, 1.82) is 0 Å². The van der Waals surface area contributed by atoms with Crippen LogP contribution in [0.25, 0.3) is 5.69 Å². The zero-order valence-electron chi connectivity index (χ0n) is 14.6. The van der Waals surface area contributed by atoms with Gasteiger partial charge in [0.2, 0.25) is 0 Å². The first-order chi connectivity index (χ1) is 13.4. The Labute approximate surface area is 158 Å². The van der Waals surface area contributed by atoms with Gasteiger partial charge in [-0.1, -0.05) is 24.3 Å². The van der Waals surface area contributed by atoms with Crippen molar-refractivity contribution in [2.75, 3.05) is 6.61 Å². The van der Waals surface area contributed by atoms with Gasteiger partial charge in [-0.15, -0.1) is 5.10 Å². The number of rotatable bonds is 7. The van der Waals surface area contributed by atoms with Crippen LogP contribution < -0.4 is 5.32 Å². The molecule has 0 spiro atoms. The summed E-state index contributed by atoms with van der Waals surface area (Å²) in [5.41, 5.74) is 2.65. The fourth-order valence-corrected chi connectivity index (χ4v) is 2.37. The molecule has 3 aromatic rings. The number of benzene rings is 2. The molecule has 0 aliphatic carbocycles. The number of carbonyl (C=O) groups excluding carboxylic acids is 1. The molecule has 0 fully saturated rings. The van der Waals surface area contributed by atoms with Gasteiger partial charge in [0.05, 0.1) is 12.3 Å². The molecule has 0 saturated heterocycles. The molecule has 1 N–H and O–H groups in total. The van der Waals surface area contributed by atoms with E-state index in [1.165, 1.54) is 11.0 Å². The minimum atomic E-state index is -4.34. The quantitative estimate of drug-likeness (QED) is 0.670. The molecule has 10 heteroatoms. The van der Waals surface area contributed by atoms with Crippen LogP contribution >= 0.6 is 0 Å². The van der Waals surface area contributed by atoms with E-state index in [0.717, 1.165) is 11.3 Å². The van der Waals surface area contributed by atoms with Crippen molar-refractivity contribution in [3.8, 4) is 5.69 Å². The molecule has 2 aromatic carbocycles. The Kier molecular flexibility index (Phi) is 5.99. The maximum atomic E-state index is 12.2. The maximum Gasteiger partial charge on any atom is 0.411 e. The van der Waals surface area contributed by atoms with Crippen molar-refractivity contribution in [1.82, 2.24) is 25.5 Å². The number of nitrogens with one attached hydrogen (secondary N) is 1. The largest absolute Gasteiger partial charge is 0.411 e. The van der Waals surface area contributed by atoms with Crippen LogP contribution in [0, 0.1) is 0 Å². The summed E-state index contributed by atoms with van der Waals surface area (Å²) in [6.45, 7) is -1.12. The van der Waals surface area contributed by atoms with E-state index in [4.69, 9.17) is 0 Å². The van der Waals surface area contributed by atoms with Crippen LogP contribution in [0.3, 0.4) is 0 Å². The summed E-state index contributed by atoms with van der Waals surface area (Å²) in [6.07, 6.45) is -2.89. The molecule has 146 valence electrons. The van der Waals surface area contributed by atoms with E-state index in [2.05, 4.69) is 25.6 Å². The fraction of sp³-hybridized carbons (Fsp3) is 0.222. The lowest BCUT2D eigenvalue weighted by molar-refractivity contribution is -0.176. The first-order valence-electron chi connectivity index (χ1n) is 8.25. The Morgan fingerprint density at radius 1 is 1.04 bits per heavy atom. The monoisotopic (exact) mass is 391 g/mol.